The monoisotopic (exact) mass is 212 g/mol. The van der Waals surface area contributed by atoms with Crippen molar-refractivity contribution in [2.24, 2.45) is 11.7 Å². The molecule has 1 aliphatic rings. The Morgan fingerprint density at radius 3 is 2.20 bits per heavy atom. The summed E-state index contributed by atoms with van der Waals surface area (Å²) in [5, 5.41) is 0. The fourth-order valence-corrected chi connectivity index (χ4v) is 2.55. The molecule has 0 spiro atoms. The standard InChI is InChI=1S/C13H28N2/c1-10(2)13(14)8-9-15-11(3)6-5-7-12(15)4/h10-13H,5-9,14H2,1-4H3/t11-,12+,13?. The smallest absolute Gasteiger partial charge is 0.00740 e. The maximum atomic E-state index is 6.10. The van der Waals surface area contributed by atoms with Gasteiger partial charge in [-0.15, -0.1) is 0 Å². The lowest BCUT2D eigenvalue weighted by Gasteiger charge is -2.39. The van der Waals surface area contributed by atoms with Crippen LogP contribution in [0.2, 0.25) is 0 Å². The van der Waals surface area contributed by atoms with E-state index < -0.39 is 0 Å². The van der Waals surface area contributed by atoms with Gasteiger partial charge in [-0.25, -0.2) is 0 Å². The van der Waals surface area contributed by atoms with Crippen LogP contribution in [0.5, 0.6) is 0 Å². The molecule has 1 saturated heterocycles. The molecular formula is C13H28N2. The van der Waals surface area contributed by atoms with Crippen LogP contribution >= 0.6 is 0 Å². The van der Waals surface area contributed by atoms with E-state index in [1.54, 1.807) is 0 Å². The Kier molecular flexibility index (Phi) is 5.07. The summed E-state index contributed by atoms with van der Waals surface area (Å²) in [5.74, 6) is 0.611. The highest BCUT2D eigenvalue weighted by atomic mass is 15.2. The van der Waals surface area contributed by atoms with Gasteiger partial charge in [0.25, 0.3) is 0 Å². The van der Waals surface area contributed by atoms with Gasteiger partial charge in [0.15, 0.2) is 0 Å². The van der Waals surface area contributed by atoms with Crippen molar-refractivity contribution in [2.45, 2.75) is 71.5 Å². The third kappa shape index (κ3) is 3.76. The van der Waals surface area contributed by atoms with Crippen LogP contribution in [0, 0.1) is 5.92 Å². The molecule has 0 radical (unpaired) electrons. The van der Waals surface area contributed by atoms with E-state index >= 15 is 0 Å². The third-order valence-electron chi connectivity index (χ3n) is 3.95. The summed E-state index contributed by atoms with van der Waals surface area (Å²) >= 11 is 0. The van der Waals surface area contributed by atoms with E-state index in [2.05, 4.69) is 32.6 Å². The second kappa shape index (κ2) is 5.86. The molecule has 1 heterocycles. The summed E-state index contributed by atoms with van der Waals surface area (Å²) < 4.78 is 0. The highest BCUT2D eigenvalue weighted by Crippen LogP contribution is 2.22. The molecule has 0 amide bonds. The van der Waals surface area contributed by atoms with E-state index in [-0.39, 0.29) is 0 Å². The molecule has 2 N–H and O–H groups in total. The van der Waals surface area contributed by atoms with Crippen molar-refractivity contribution in [2.75, 3.05) is 6.54 Å². The van der Waals surface area contributed by atoms with Gasteiger partial charge in [0, 0.05) is 24.7 Å². The molecule has 1 rings (SSSR count). The van der Waals surface area contributed by atoms with Gasteiger partial charge in [0.1, 0.15) is 0 Å². The van der Waals surface area contributed by atoms with Crippen LogP contribution in [-0.2, 0) is 0 Å². The summed E-state index contributed by atoms with van der Waals surface area (Å²) in [6.45, 7) is 10.3. The SMILES string of the molecule is CC(C)C(N)CCN1[C@H](C)CCC[C@@H]1C. The Hall–Kier alpha value is -0.0800. The number of hydrogen-bond donors (Lipinski definition) is 1. The van der Waals surface area contributed by atoms with Crippen molar-refractivity contribution >= 4 is 0 Å². The molecule has 1 aliphatic heterocycles. The van der Waals surface area contributed by atoms with Gasteiger partial charge in [0.05, 0.1) is 0 Å². The predicted molar refractivity (Wildman–Crippen MR) is 66.9 cm³/mol. The third-order valence-corrected chi connectivity index (χ3v) is 3.95. The van der Waals surface area contributed by atoms with E-state index in [4.69, 9.17) is 5.73 Å². The van der Waals surface area contributed by atoms with Crippen molar-refractivity contribution in [3.63, 3.8) is 0 Å². The zero-order valence-corrected chi connectivity index (χ0v) is 10.9. The molecule has 0 bridgehead atoms. The summed E-state index contributed by atoms with van der Waals surface area (Å²) in [6, 6.07) is 1.88. The lowest BCUT2D eigenvalue weighted by Crippen LogP contribution is -2.45. The minimum atomic E-state index is 0.367. The Balaban J connectivity index is 2.35. The molecule has 3 atom stereocenters. The van der Waals surface area contributed by atoms with E-state index in [1.807, 2.05) is 0 Å². The molecule has 0 aromatic carbocycles. The Bertz CT molecular complexity index is 169. The molecule has 90 valence electrons. The number of hydrogen-bond acceptors (Lipinski definition) is 2. The number of rotatable bonds is 4. The Labute approximate surface area is 95.2 Å². The highest BCUT2D eigenvalue weighted by molar-refractivity contribution is 4.80. The maximum absolute atomic E-state index is 6.10. The molecule has 1 unspecified atom stereocenters. The van der Waals surface area contributed by atoms with Gasteiger partial charge in [-0.05, 0) is 39.0 Å². The predicted octanol–water partition coefficient (Wildman–Crippen LogP) is 2.62. The fraction of sp³-hybridized carbons (Fsp3) is 1.00. The van der Waals surface area contributed by atoms with E-state index in [0.29, 0.717) is 12.0 Å². The van der Waals surface area contributed by atoms with Crippen LogP contribution < -0.4 is 5.73 Å². The van der Waals surface area contributed by atoms with Crippen molar-refractivity contribution in [1.29, 1.82) is 0 Å². The minimum absolute atomic E-state index is 0.367. The van der Waals surface area contributed by atoms with Crippen molar-refractivity contribution in [3.8, 4) is 0 Å². The second-order valence-electron chi connectivity index (χ2n) is 5.56. The molecule has 0 aliphatic carbocycles. The first-order valence-corrected chi connectivity index (χ1v) is 6.53. The summed E-state index contributed by atoms with van der Waals surface area (Å²) in [4.78, 5) is 2.64. The topological polar surface area (TPSA) is 29.3 Å². The zero-order valence-electron chi connectivity index (χ0n) is 10.9. The van der Waals surface area contributed by atoms with Crippen molar-refractivity contribution in [3.05, 3.63) is 0 Å². The van der Waals surface area contributed by atoms with Gasteiger partial charge in [0.2, 0.25) is 0 Å². The lowest BCUT2D eigenvalue weighted by atomic mass is 9.95. The molecular weight excluding hydrogens is 184 g/mol. The van der Waals surface area contributed by atoms with Crippen LogP contribution in [-0.4, -0.2) is 29.6 Å². The molecule has 0 aromatic heterocycles. The van der Waals surface area contributed by atoms with E-state index in [9.17, 15) is 0 Å². The summed E-state index contributed by atoms with van der Waals surface area (Å²) in [5.41, 5.74) is 6.10. The largest absolute Gasteiger partial charge is 0.327 e. The lowest BCUT2D eigenvalue weighted by molar-refractivity contribution is 0.0978. The van der Waals surface area contributed by atoms with Gasteiger partial charge in [-0.3, -0.25) is 4.90 Å². The number of nitrogens with zero attached hydrogens (tertiary/aromatic N) is 1. The number of piperidine rings is 1. The van der Waals surface area contributed by atoms with Crippen LogP contribution in [0.1, 0.15) is 53.4 Å². The van der Waals surface area contributed by atoms with Gasteiger partial charge in [-0.2, -0.15) is 0 Å². The van der Waals surface area contributed by atoms with E-state index in [0.717, 1.165) is 18.5 Å². The van der Waals surface area contributed by atoms with Crippen LogP contribution in [0.25, 0.3) is 0 Å². The van der Waals surface area contributed by atoms with E-state index in [1.165, 1.54) is 25.8 Å². The number of nitrogens with two attached hydrogens (primary N) is 1. The van der Waals surface area contributed by atoms with Crippen molar-refractivity contribution in [1.82, 2.24) is 4.90 Å². The first-order chi connectivity index (χ1) is 7.02. The Morgan fingerprint density at radius 1 is 1.20 bits per heavy atom. The van der Waals surface area contributed by atoms with Gasteiger partial charge >= 0.3 is 0 Å². The van der Waals surface area contributed by atoms with Crippen LogP contribution in [0.4, 0.5) is 0 Å². The molecule has 0 aromatic rings. The maximum Gasteiger partial charge on any atom is 0.00740 e. The minimum Gasteiger partial charge on any atom is -0.327 e. The molecule has 2 nitrogen and oxygen atoms in total. The summed E-state index contributed by atoms with van der Waals surface area (Å²) in [6.07, 6.45) is 5.27. The molecule has 1 fully saturated rings. The first-order valence-electron chi connectivity index (χ1n) is 6.53. The fourth-order valence-electron chi connectivity index (χ4n) is 2.55. The quantitative estimate of drug-likeness (QED) is 0.776. The normalized spacial score (nSPS) is 30.8. The molecule has 15 heavy (non-hydrogen) atoms. The summed E-state index contributed by atoms with van der Waals surface area (Å²) in [7, 11) is 0. The van der Waals surface area contributed by atoms with Gasteiger partial charge in [-0.1, -0.05) is 20.3 Å². The number of likely N-dealkylation sites (tertiary alicyclic amines) is 1. The average molecular weight is 212 g/mol. The zero-order chi connectivity index (χ0) is 11.4. The van der Waals surface area contributed by atoms with Crippen molar-refractivity contribution < 1.29 is 0 Å². The average Bonchev–Trinajstić information content (AvgIpc) is 2.16. The Morgan fingerprint density at radius 2 is 1.73 bits per heavy atom. The van der Waals surface area contributed by atoms with Gasteiger partial charge < -0.3 is 5.73 Å². The second-order valence-corrected chi connectivity index (χ2v) is 5.56. The van der Waals surface area contributed by atoms with Crippen LogP contribution in [0.3, 0.4) is 0 Å². The molecule has 0 saturated carbocycles. The van der Waals surface area contributed by atoms with Crippen LogP contribution in [0.15, 0.2) is 0 Å². The highest BCUT2D eigenvalue weighted by Gasteiger charge is 2.24. The first kappa shape index (κ1) is 13.0. The molecule has 2 heteroatoms.